The molecule has 0 aromatic heterocycles. The Labute approximate surface area is 118 Å². The van der Waals surface area contributed by atoms with Crippen molar-refractivity contribution in [2.24, 2.45) is 11.8 Å². The number of hydrogen-bond donors (Lipinski definition) is 0. The zero-order valence-corrected chi connectivity index (χ0v) is 11.9. The van der Waals surface area contributed by atoms with Crippen molar-refractivity contribution in [1.29, 1.82) is 0 Å². The van der Waals surface area contributed by atoms with Crippen LogP contribution in [0.2, 0.25) is 0 Å². The lowest BCUT2D eigenvalue weighted by atomic mass is 9.85. The Bertz CT molecular complexity index is 526. The molecule has 0 amide bonds. The predicted octanol–water partition coefficient (Wildman–Crippen LogP) is 2.50. The van der Waals surface area contributed by atoms with E-state index in [1.165, 1.54) is 0 Å². The number of para-hydroxylation sites is 1. The smallest absolute Gasteiger partial charge is 0.254 e. The van der Waals surface area contributed by atoms with Crippen molar-refractivity contribution in [3.63, 3.8) is 0 Å². The van der Waals surface area contributed by atoms with Gasteiger partial charge in [0, 0.05) is 22.8 Å². The molecule has 1 aromatic rings. The lowest BCUT2D eigenvalue weighted by Crippen LogP contribution is -2.49. The highest BCUT2D eigenvalue weighted by Crippen LogP contribution is 2.32. The molecule has 0 spiro atoms. The molecule has 0 radical (unpaired) electrons. The maximum Gasteiger partial charge on any atom is 0.254 e. The summed E-state index contributed by atoms with van der Waals surface area (Å²) < 4.78 is 5.78. The molecule has 2 rings (SSSR count). The van der Waals surface area contributed by atoms with Crippen LogP contribution in [0, 0.1) is 22.0 Å². The lowest BCUT2D eigenvalue weighted by Gasteiger charge is -2.32. The molecule has 0 fully saturated rings. The molecule has 5 heteroatoms. The Kier molecular flexibility index (Phi) is 4.06. The Morgan fingerprint density at radius 1 is 1.35 bits per heavy atom. The fraction of sp³-hybridized carbons (Fsp3) is 0.533. The van der Waals surface area contributed by atoms with Crippen molar-refractivity contribution in [3.8, 4) is 5.75 Å². The number of carbonyl (C=O) groups is 1. The molecule has 3 atom stereocenters. The third-order valence-corrected chi connectivity index (χ3v) is 3.83. The van der Waals surface area contributed by atoms with Crippen LogP contribution in [-0.2, 0) is 11.2 Å². The predicted molar refractivity (Wildman–Crippen MR) is 74.4 cm³/mol. The van der Waals surface area contributed by atoms with Crippen molar-refractivity contribution < 1.29 is 14.5 Å². The second-order valence-electron chi connectivity index (χ2n) is 5.59. The van der Waals surface area contributed by atoms with Crippen molar-refractivity contribution in [3.05, 3.63) is 39.9 Å². The molecule has 0 N–H and O–H groups in total. The Balaban J connectivity index is 2.31. The van der Waals surface area contributed by atoms with Gasteiger partial charge in [0.25, 0.3) is 6.04 Å². The summed E-state index contributed by atoms with van der Waals surface area (Å²) in [4.78, 5) is 23.1. The SMILES string of the molecule is CC(C)C(=O)C(C)C1Oc2ccccc2CC1[N+](=O)[O-]. The van der Waals surface area contributed by atoms with Crippen molar-refractivity contribution >= 4 is 5.78 Å². The van der Waals surface area contributed by atoms with Gasteiger partial charge in [0.1, 0.15) is 11.5 Å². The molecule has 0 saturated carbocycles. The average molecular weight is 277 g/mol. The van der Waals surface area contributed by atoms with Crippen molar-refractivity contribution in [2.75, 3.05) is 0 Å². The number of benzene rings is 1. The van der Waals surface area contributed by atoms with E-state index in [2.05, 4.69) is 0 Å². The molecule has 20 heavy (non-hydrogen) atoms. The summed E-state index contributed by atoms with van der Waals surface area (Å²) in [6.45, 7) is 5.32. The molecule has 1 aliphatic heterocycles. The second-order valence-corrected chi connectivity index (χ2v) is 5.59. The number of nitrogens with zero attached hydrogens (tertiary/aromatic N) is 1. The minimum absolute atomic E-state index is 0.00114. The molecule has 0 bridgehead atoms. The van der Waals surface area contributed by atoms with Gasteiger partial charge in [-0.1, -0.05) is 39.0 Å². The van der Waals surface area contributed by atoms with Crippen LogP contribution in [0.1, 0.15) is 26.3 Å². The molecular formula is C15H19NO4. The van der Waals surface area contributed by atoms with Gasteiger partial charge < -0.3 is 4.74 Å². The first-order chi connectivity index (χ1) is 9.41. The van der Waals surface area contributed by atoms with Crippen molar-refractivity contribution in [1.82, 2.24) is 0 Å². The van der Waals surface area contributed by atoms with Crippen LogP contribution in [-0.4, -0.2) is 22.9 Å². The van der Waals surface area contributed by atoms with E-state index in [0.29, 0.717) is 12.2 Å². The lowest BCUT2D eigenvalue weighted by molar-refractivity contribution is -0.535. The summed E-state index contributed by atoms with van der Waals surface area (Å²) in [7, 11) is 0. The summed E-state index contributed by atoms with van der Waals surface area (Å²) in [5, 5.41) is 11.3. The van der Waals surface area contributed by atoms with Gasteiger partial charge in [0.2, 0.25) is 0 Å². The maximum absolute atomic E-state index is 12.1. The van der Waals surface area contributed by atoms with E-state index >= 15 is 0 Å². The zero-order valence-electron chi connectivity index (χ0n) is 11.9. The van der Waals surface area contributed by atoms with Crippen LogP contribution in [0.15, 0.2) is 24.3 Å². The maximum atomic E-state index is 12.1. The molecule has 0 saturated heterocycles. The number of hydrogen-bond acceptors (Lipinski definition) is 4. The topological polar surface area (TPSA) is 69.4 Å². The fourth-order valence-electron chi connectivity index (χ4n) is 2.67. The number of carbonyl (C=O) groups excluding carboxylic acids is 1. The van der Waals surface area contributed by atoms with E-state index in [1.807, 2.05) is 18.2 Å². The minimum Gasteiger partial charge on any atom is -0.482 e. The van der Waals surface area contributed by atoms with E-state index < -0.39 is 18.1 Å². The van der Waals surface area contributed by atoms with E-state index in [4.69, 9.17) is 4.74 Å². The summed E-state index contributed by atoms with van der Waals surface area (Å²) in [6.07, 6.45) is -0.390. The van der Waals surface area contributed by atoms with Gasteiger partial charge in [-0.3, -0.25) is 14.9 Å². The van der Waals surface area contributed by atoms with E-state index in [1.54, 1.807) is 26.8 Å². The van der Waals surface area contributed by atoms with Gasteiger partial charge in [-0.2, -0.15) is 0 Å². The average Bonchev–Trinajstić information content (AvgIpc) is 2.44. The van der Waals surface area contributed by atoms with Gasteiger partial charge in [-0.15, -0.1) is 0 Å². The number of Topliss-reactive ketones (excluding diaryl/α,β-unsaturated/α-hetero) is 1. The Morgan fingerprint density at radius 3 is 2.60 bits per heavy atom. The van der Waals surface area contributed by atoms with Gasteiger partial charge in [-0.05, 0) is 6.07 Å². The summed E-state index contributed by atoms with van der Waals surface area (Å²) in [6, 6.07) is 6.42. The second kappa shape index (κ2) is 5.61. The number of fused-ring (bicyclic) bond motifs is 1. The standard InChI is InChI=1S/C15H19NO4/c1-9(2)14(17)10(3)15-12(16(18)19)8-11-6-4-5-7-13(11)20-15/h4-7,9-10,12,15H,8H2,1-3H3. The number of ketones is 1. The zero-order chi connectivity index (χ0) is 14.9. The quantitative estimate of drug-likeness (QED) is 0.626. The number of rotatable bonds is 4. The molecule has 1 aliphatic rings. The molecule has 1 aromatic carbocycles. The molecule has 3 unspecified atom stereocenters. The number of nitro groups is 1. The van der Waals surface area contributed by atoms with Crippen molar-refractivity contribution in [2.45, 2.75) is 39.3 Å². The van der Waals surface area contributed by atoms with E-state index in [0.717, 1.165) is 5.56 Å². The van der Waals surface area contributed by atoms with Crippen LogP contribution in [0.3, 0.4) is 0 Å². The summed E-state index contributed by atoms with van der Waals surface area (Å²) in [5.41, 5.74) is 0.828. The van der Waals surface area contributed by atoms with Gasteiger partial charge >= 0.3 is 0 Å². The highest BCUT2D eigenvalue weighted by atomic mass is 16.6. The Morgan fingerprint density at radius 2 is 2.00 bits per heavy atom. The minimum atomic E-state index is -0.873. The van der Waals surface area contributed by atoms with E-state index in [-0.39, 0.29) is 16.6 Å². The normalized spacial score (nSPS) is 22.8. The third-order valence-electron chi connectivity index (χ3n) is 3.83. The van der Waals surface area contributed by atoms with Gasteiger partial charge in [0.05, 0.1) is 5.92 Å². The molecule has 0 aliphatic carbocycles. The fourth-order valence-corrected chi connectivity index (χ4v) is 2.67. The largest absolute Gasteiger partial charge is 0.482 e. The van der Waals surface area contributed by atoms with Crippen LogP contribution in [0.4, 0.5) is 0 Å². The molecule has 1 heterocycles. The van der Waals surface area contributed by atoms with Gasteiger partial charge in [0.15, 0.2) is 6.10 Å². The van der Waals surface area contributed by atoms with Crippen LogP contribution in [0.5, 0.6) is 5.75 Å². The van der Waals surface area contributed by atoms with Gasteiger partial charge in [-0.25, -0.2) is 0 Å². The molecule has 5 nitrogen and oxygen atoms in total. The third kappa shape index (κ3) is 2.66. The highest BCUT2D eigenvalue weighted by molar-refractivity contribution is 5.83. The summed E-state index contributed by atoms with van der Waals surface area (Å²) >= 11 is 0. The molecular weight excluding hydrogens is 258 g/mol. The van der Waals surface area contributed by atoms with Crippen LogP contribution < -0.4 is 4.74 Å². The molecule has 108 valence electrons. The van der Waals surface area contributed by atoms with E-state index in [9.17, 15) is 14.9 Å². The first-order valence-corrected chi connectivity index (χ1v) is 6.83. The monoisotopic (exact) mass is 277 g/mol. The first kappa shape index (κ1) is 14.5. The summed E-state index contributed by atoms with van der Waals surface area (Å²) in [5.74, 6) is 0.0113. The van der Waals surface area contributed by atoms with Crippen LogP contribution >= 0.6 is 0 Å². The highest BCUT2D eigenvalue weighted by Gasteiger charge is 2.44. The van der Waals surface area contributed by atoms with Crippen LogP contribution in [0.25, 0.3) is 0 Å². The first-order valence-electron chi connectivity index (χ1n) is 6.83. The number of ether oxygens (including phenoxy) is 1. The Hall–Kier alpha value is -1.91.